The molecule has 2 nitrogen and oxygen atoms in total. The van der Waals surface area contributed by atoms with Gasteiger partial charge in [0.1, 0.15) is 5.15 Å². The van der Waals surface area contributed by atoms with Crippen LogP contribution in [0, 0.1) is 6.42 Å². The van der Waals surface area contributed by atoms with Crippen molar-refractivity contribution < 1.29 is 4.74 Å². The predicted molar refractivity (Wildman–Crippen MR) is 47.3 cm³/mol. The SMILES string of the molecule is Clc1ccnc(Cl)c1C1[CH]CO1. The van der Waals surface area contributed by atoms with E-state index in [2.05, 4.69) is 4.98 Å². The lowest BCUT2D eigenvalue weighted by atomic mass is 10.1. The minimum absolute atomic E-state index is 0.0706. The molecule has 1 radical (unpaired) electrons. The Hall–Kier alpha value is -0.310. The van der Waals surface area contributed by atoms with Gasteiger partial charge in [0.05, 0.1) is 17.7 Å². The second-order valence-electron chi connectivity index (χ2n) is 2.49. The van der Waals surface area contributed by atoms with E-state index in [1.54, 1.807) is 12.3 Å². The molecule has 1 aromatic rings. The number of nitrogens with zero attached hydrogens (tertiary/aromatic N) is 1. The van der Waals surface area contributed by atoms with Crippen molar-refractivity contribution in [2.75, 3.05) is 6.61 Å². The number of halogens is 2. The third kappa shape index (κ3) is 1.30. The van der Waals surface area contributed by atoms with Gasteiger partial charge in [-0.25, -0.2) is 4.98 Å². The molecule has 1 aliphatic rings. The fourth-order valence-electron chi connectivity index (χ4n) is 1.07. The van der Waals surface area contributed by atoms with Gasteiger partial charge in [0, 0.05) is 18.2 Å². The van der Waals surface area contributed by atoms with Gasteiger partial charge >= 0.3 is 0 Å². The second kappa shape index (κ2) is 3.21. The fourth-order valence-corrected chi connectivity index (χ4v) is 1.64. The molecular formula is C8H6Cl2NO. The highest BCUT2D eigenvalue weighted by Crippen LogP contribution is 2.36. The largest absolute Gasteiger partial charge is 0.373 e. The Morgan fingerprint density at radius 3 is 2.75 bits per heavy atom. The first-order valence-corrected chi connectivity index (χ1v) is 4.29. The third-order valence-electron chi connectivity index (χ3n) is 1.76. The molecule has 12 heavy (non-hydrogen) atoms. The average molecular weight is 203 g/mol. The van der Waals surface area contributed by atoms with Gasteiger partial charge in [-0.2, -0.15) is 0 Å². The Morgan fingerprint density at radius 1 is 1.50 bits per heavy atom. The first-order valence-electron chi connectivity index (χ1n) is 3.54. The van der Waals surface area contributed by atoms with E-state index >= 15 is 0 Å². The molecule has 2 heterocycles. The van der Waals surface area contributed by atoms with Crippen LogP contribution in [0.1, 0.15) is 11.7 Å². The predicted octanol–water partition coefficient (Wildman–Crippen LogP) is 2.66. The Labute approximate surface area is 80.5 Å². The van der Waals surface area contributed by atoms with Gasteiger partial charge < -0.3 is 4.74 Å². The first-order chi connectivity index (χ1) is 5.79. The third-order valence-corrected chi connectivity index (χ3v) is 2.39. The summed E-state index contributed by atoms with van der Waals surface area (Å²) < 4.78 is 5.21. The minimum Gasteiger partial charge on any atom is -0.373 e. The molecule has 1 aromatic heterocycles. The molecule has 4 heteroatoms. The smallest absolute Gasteiger partial charge is 0.136 e. The van der Waals surface area contributed by atoms with Crippen LogP contribution in [0.25, 0.3) is 0 Å². The van der Waals surface area contributed by atoms with Gasteiger partial charge in [0.25, 0.3) is 0 Å². The summed E-state index contributed by atoms with van der Waals surface area (Å²) in [6, 6.07) is 1.71. The van der Waals surface area contributed by atoms with Gasteiger partial charge in [-0.1, -0.05) is 23.2 Å². The standard InChI is InChI=1S/C8H6Cl2NO/c9-5-1-3-11-8(10)7(5)6-2-4-12-6/h1-3,6H,4H2. The van der Waals surface area contributed by atoms with Crippen LogP contribution in [0.2, 0.25) is 10.2 Å². The van der Waals surface area contributed by atoms with E-state index in [4.69, 9.17) is 27.9 Å². The zero-order valence-corrected chi connectivity index (χ0v) is 7.64. The number of pyridine rings is 1. The maximum Gasteiger partial charge on any atom is 0.136 e. The Morgan fingerprint density at radius 2 is 2.25 bits per heavy atom. The molecular weight excluding hydrogens is 197 g/mol. The Bertz CT molecular complexity index is 279. The molecule has 1 atom stereocenters. The maximum atomic E-state index is 5.91. The first kappa shape index (κ1) is 8.30. The number of aromatic nitrogens is 1. The highest BCUT2D eigenvalue weighted by Gasteiger charge is 2.25. The van der Waals surface area contributed by atoms with Crippen molar-refractivity contribution in [2.24, 2.45) is 0 Å². The molecule has 1 saturated heterocycles. The Kier molecular flexibility index (Phi) is 2.22. The topological polar surface area (TPSA) is 22.1 Å². The number of hydrogen-bond acceptors (Lipinski definition) is 2. The molecule has 1 aliphatic heterocycles. The van der Waals surface area contributed by atoms with Gasteiger partial charge in [0.2, 0.25) is 0 Å². The summed E-state index contributed by atoms with van der Waals surface area (Å²) in [7, 11) is 0. The molecule has 0 spiro atoms. The summed E-state index contributed by atoms with van der Waals surface area (Å²) in [4.78, 5) is 3.92. The lowest BCUT2D eigenvalue weighted by Crippen LogP contribution is -2.20. The van der Waals surface area contributed by atoms with Crippen LogP contribution in [0.4, 0.5) is 0 Å². The summed E-state index contributed by atoms with van der Waals surface area (Å²) in [6.45, 7) is 0.659. The van der Waals surface area contributed by atoms with Gasteiger partial charge in [-0.05, 0) is 6.07 Å². The van der Waals surface area contributed by atoms with E-state index in [1.165, 1.54) is 0 Å². The van der Waals surface area contributed by atoms with Crippen molar-refractivity contribution in [1.29, 1.82) is 0 Å². The summed E-state index contributed by atoms with van der Waals surface area (Å²) >= 11 is 11.8. The van der Waals surface area contributed by atoms with Gasteiger partial charge in [0.15, 0.2) is 0 Å². The molecule has 63 valence electrons. The lowest BCUT2D eigenvalue weighted by molar-refractivity contribution is 0.00777. The van der Waals surface area contributed by atoms with Crippen molar-refractivity contribution in [3.63, 3.8) is 0 Å². The normalized spacial score (nSPS) is 22.0. The molecule has 2 rings (SSSR count). The lowest BCUT2D eigenvalue weighted by Gasteiger charge is -2.27. The highest BCUT2D eigenvalue weighted by atomic mass is 35.5. The number of rotatable bonds is 1. The average Bonchev–Trinajstić information content (AvgIpc) is 1.93. The molecule has 1 unspecified atom stereocenters. The van der Waals surface area contributed by atoms with E-state index in [0.29, 0.717) is 16.8 Å². The molecule has 0 amide bonds. The monoisotopic (exact) mass is 202 g/mol. The van der Waals surface area contributed by atoms with Crippen molar-refractivity contribution in [2.45, 2.75) is 6.10 Å². The maximum absolute atomic E-state index is 5.91. The van der Waals surface area contributed by atoms with E-state index in [9.17, 15) is 0 Å². The summed E-state index contributed by atoms with van der Waals surface area (Å²) in [5.74, 6) is 0. The van der Waals surface area contributed by atoms with Gasteiger partial charge in [-0.15, -0.1) is 0 Å². The van der Waals surface area contributed by atoms with Crippen LogP contribution in [0.3, 0.4) is 0 Å². The van der Waals surface area contributed by atoms with Crippen molar-refractivity contribution >= 4 is 23.2 Å². The van der Waals surface area contributed by atoms with Crippen LogP contribution >= 0.6 is 23.2 Å². The van der Waals surface area contributed by atoms with Crippen molar-refractivity contribution in [1.82, 2.24) is 4.98 Å². The van der Waals surface area contributed by atoms with Crippen LogP contribution in [0.15, 0.2) is 12.3 Å². The van der Waals surface area contributed by atoms with E-state index < -0.39 is 0 Å². The van der Waals surface area contributed by atoms with Crippen molar-refractivity contribution in [3.8, 4) is 0 Å². The van der Waals surface area contributed by atoms with Crippen LogP contribution in [-0.4, -0.2) is 11.6 Å². The van der Waals surface area contributed by atoms with Crippen LogP contribution in [-0.2, 0) is 4.74 Å². The zero-order valence-electron chi connectivity index (χ0n) is 6.13. The second-order valence-corrected chi connectivity index (χ2v) is 3.25. The van der Waals surface area contributed by atoms with Crippen LogP contribution in [0.5, 0.6) is 0 Å². The zero-order chi connectivity index (χ0) is 8.55. The van der Waals surface area contributed by atoms with Crippen molar-refractivity contribution in [3.05, 3.63) is 34.4 Å². The summed E-state index contributed by atoms with van der Waals surface area (Å²) in [5, 5.41) is 1.03. The number of hydrogen-bond donors (Lipinski definition) is 0. The van der Waals surface area contributed by atoms with Crippen LogP contribution < -0.4 is 0 Å². The van der Waals surface area contributed by atoms with E-state index in [-0.39, 0.29) is 6.10 Å². The Balaban J connectivity index is 2.39. The minimum atomic E-state index is -0.0706. The number of ether oxygens (including phenoxy) is 1. The molecule has 1 fully saturated rings. The summed E-state index contributed by atoms with van der Waals surface area (Å²) in [5.41, 5.74) is 0.770. The molecule has 0 N–H and O–H groups in total. The molecule has 0 aromatic carbocycles. The van der Waals surface area contributed by atoms with E-state index in [1.807, 2.05) is 6.42 Å². The van der Waals surface area contributed by atoms with E-state index in [0.717, 1.165) is 5.56 Å². The van der Waals surface area contributed by atoms with Gasteiger partial charge in [-0.3, -0.25) is 0 Å². The fraction of sp³-hybridized carbons (Fsp3) is 0.250. The molecule has 0 saturated carbocycles. The quantitative estimate of drug-likeness (QED) is 0.654. The highest BCUT2D eigenvalue weighted by molar-refractivity contribution is 6.35. The molecule has 0 bridgehead atoms. The summed E-state index contributed by atoms with van der Waals surface area (Å²) in [6.07, 6.45) is 3.50. The molecule has 0 aliphatic carbocycles.